The number of carbonyl (C=O) groups excluding carboxylic acids is 1. The van der Waals surface area contributed by atoms with E-state index in [-0.39, 0.29) is 36.5 Å². The highest BCUT2D eigenvalue weighted by Gasteiger charge is 2.52. The fourth-order valence-electron chi connectivity index (χ4n) is 5.19. The van der Waals surface area contributed by atoms with Gasteiger partial charge in [0.1, 0.15) is 5.78 Å². The Morgan fingerprint density at radius 2 is 1.68 bits per heavy atom. The van der Waals surface area contributed by atoms with E-state index in [0.29, 0.717) is 37.8 Å². The molecule has 1 saturated heterocycles. The number of benzene rings is 2. The maximum absolute atomic E-state index is 13.3. The minimum absolute atomic E-state index is 0.0596. The van der Waals surface area contributed by atoms with Gasteiger partial charge in [-0.15, -0.1) is 0 Å². The maximum Gasteiger partial charge on any atom is 0.416 e. The van der Waals surface area contributed by atoms with Gasteiger partial charge in [0.15, 0.2) is 0 Å². The van der Waals surface area contributed by atoms with E-state index < -0.39 is 40.5 Å². The van der Waals surface area contributed by atoms with E-state index in [0.717, 1.165) is 5.56 Å². The number of nitriles is 1. The fourth-order valence-corrected chi connectivity index (χ4v) is 5.19. The first-order valence-corrected chi connectivity index (χ1v) is 12.0. The number of nitrogens with one attached hydrogen (secondary N) is 1. The lowest BCUT2D eigenvalue weighted by Gasteiger charge is -2.49. The first-order valence-electron chi connectivity index (χ1n) is 12.0. The van der Waals surface area contributed by atoms with Gasteiger partial charge < -0.3 is 10.1 Å². The van der Waals surface area contributed by atoms with Crippen LogP contribution < -0.4 is 5.32 Å². The highest BCUT2D eigenvalue weighted by molar-refractivity contribution is 5.87. The maximum atomic E-state index is 13.3. The number of rotatable bonds is 6. The Bertz CT molecular complexity index is 1150. The summed E-state index contributed by atoms with van der Waals surface area (Å²) in [5.74, 6) is -0.282. The molecule has 1 unspecified atom stereocenters. The van der Waals surface area contributed by atoms with Gasteiger partial charge in [-0.2, -0.15) is 31.6 Å². The van der Waals surface area contributed by atoms with Gasteiger partial charge in [0.25, 0.3) is 0 Å². The Balaban J connectivity index is 1.59. The first kappa shape index (κ1) is 27.1. The number of hydrogen-bond donors (Lipinski definition) is 1. The number of hydrogen-bond acceptors (Lipinski definition) is 4. The molecule has 37 heavy (non-hydrogen) atoms. The van der Waals surface area contributed by atoms with Gasteiger partial charge in [0, 0.05) is 18.9 Å². The molecule has 1 aliphatic heterocycles. The largest absolute Gasteiger partial charge is 0.416 e. The standard InChI is InChI=1S/C27H26F6N2O2/c1-17(18-11-20(26(28,29)30)13-21(12-18)27(31,32)33)37-16-25(19-5-3-2-4-6-19)10-9-24(14-34,15-35-25)22-7-8-23(22)36/h2-6,11-13,17,22,35H,7-10,15-16H2,1H3/t17-,22?,24-,25+/m1/s1. The van der Waals surface area contributed by atoms with Crippen molar-refractivity contribution in [3.05, 3.63) is 70.8 Å². The minimum Gasteiger partial charge on any atom is -0.372 e. The van der Waals surface area contributed by atoms with Crippen LogP contribution in [0.3, 0.4) is 0 Å². The summed E-state index contributed by atoms with van der Waals surface area (Å²) in [6.07, 6.45) is -9.08. The molecule has 4 nitrogen and oxygen atoms in total. The molecule has 1 aliphatic carbocycles. The van der Waals surface area contributed by atoms with Crippen molar-refractivity contribution in [2.45, 2.75) is 56.6 Å². The van der Waals surface area contributed by atoms with Crippen LogP contribution in [0.25, 0.3) is 0 Å². The molecule has 0 radical (unpaired) electrons. The number of carbonyl (C=O) groups is 1. The second-order valence-corrected chi connectivity index (χ2v) is 9.92. The van der Waals surface area contributed by atoms with Crippen molar-refractivity contribution in [3.63, 3.8) is 0 Å². The topological polar surface area (TPSA) is 62.1 Å². The summed E-state index contributed by atoms with van der Waals surface area (Å²) in [5, 5.41) is 13.3. The van der Waals surface area contributed by atoms with Gasteiger partial charge in [-0.1, -0.05) is 30.3 Å². The molecule has 1 heterocycles. The summed E-state index contributed by atoms with van der Waals surface area (Å²) in [7, 11) is 0. The normalized spacial score (nSPS) is 27.3. The number of nitrogens with zero attached hydrogens (tertiary/aromatic N) is 1. The molecule has 0 spiro atoms. The Hall–Kier alpha value is -2.90. The average Bonchev–Trinajstić information content (AvgIpc) is 2.86. The third-order valence-corrected chi connectivity index (χ3v) is 7.68. The van der Waals surface area contributed by atoms with Crippen molar-refractivity contribution in [1.82, 2.24) is 5.32 Å². The van der Waals surface area contributed by atoms with E-state index in [1.54, 1.807) is 0 Å². The van der Waals surface area contributed by atoms with Crippen molar-refractivity contribution >= 4 is 5.78 Å². The van der Waals surface area contributed by atoms with Crippen molar-refractivity contribution in [2.24, 2.45) is 11.3 Å². The van der Waals surface area contributed by atoms with Gasteiger partial charge in [0.05, 0.1) is 40.9 Å². The van der Waals surface area contributed by atoms with Gasteiger partial charge in [-0.25, -0.2) is 0 Å². The van der Waals surface area contributed by atoms with Gasteiger partial charge in [-0.3, -0.25) is 4.79 Å². The highest BCUT2D eigenvalue weighted by Crippen LogP contribution is 2.48. The molecule has 2 aromatic carbocycles. The number of ether oxygens (including phenoxy) is 1. The van der Waals surface area contributed by atoms with Gasteiger partial charge >= 0.3 is 12.4 Å². The predicted molar refractivity (Wildman–Crippen MR) is 122 cm³/mol. The molecule has 1 saturated carbocycles. The molecule has 198 valence electrons. The van der Waals surface area contributed by atoms with Gasteiger partial charge in [0.2, 0.25) is 0 Å². The van der Waals surface area contributed by atoms with Crippen molar-refractivity contribution in [1.29, 1.82) is 5.26 Å². The molecule has 2 aliphatic rings. The Kier molecular flexibility index (Phi) is 7.16. The van der Waals surface area contributed by atoms with Gasteiger partial charge in [-0.05, 0) is 55.5 Å². The van der Waals surface area contributed by atoms with Crippen LogP contribution in [0.4, 0.5) is 26.3 Å². The van der Waals surface area contributed by atoms with Crippen LogP contribution in [0.15, 0.2) is 48.5 Å². The van der Waals surface area contributed by atoms with Crippen molar-refractivity contribution < 1.29 is 35.9 Å². The van der Waals surface area contributed by atoms with E-state index in [1.165, 1.54) is 6.92 Å². The third kappa shape index (κ3) is 5.39. The number of alkyl halides is 6. The summed E-state index contributed by atoms with van der Waals surface area (Å²) in [6.45, 7) is 1.56. The quantitative estimate of drug-likeness (QED) is 0.435. The zero-order valence-electron chi connectivity index (χ0n) is 20.0. The molecular weight excluding hydrogens is 498 g/mol. The van der Waals surface area contributed by atoms with Crippen LogP contribution >= 0.6 is 0 Å². The Labute approximate surface area is 210 Å². The zero-order chi connectivity index (χ0) is 27.1. The molecule has 2 fully saturated rings. The predicted octanol–water partition coefficient (Wildman–Crippen LogP) is 6.57. The zero-order valence-corrected chi connectivity index (χ0v) is 20.0. The van der Waals surface area contributed by atoms with E-state index in [4.69, 9.17) is 4.74 Å². The van der Waals surface area contributed by atoms with E-state index >= 15 is 0 Å². The summed E-state index contributed by atoms with van der Waals surface area (Å²) in [4.78, 5) is 12.1. The molecular formula is C27H26F6N2O2. The van der Waals surface area contributed by atoms with Crippen LogP contribution in [-0.2, 0) is 27.4 Å². The molecule has 0 amide bonds. The molecule has 4 atom stereocenters. The highest BCUT2D eigenvalue weighted by atomic mass is 19.4. The fraction of sp³-hybridized carbons (Fsp3) is 0.481. The van der Waals surface area contributed by atoms with Crippen LogP contribution in [0.5, 0.6) is 0 Å². The van der Waals surface area contributed by atoms with E-state index in [9.17, 15) is 36.4 Å². The number of halogens is 6. The van der Waals surface area contributed by atoms with Crippen LogP contribution in [0, 0.1) is 22.7 Å². The second-order valence-electron chi connectivity index (χ2n) is 9.92. The molecule has 2 aromatic rings. The van der Waals surface area contributed by atoms with Crippen LogP contribution in [0.2, 0.25) is 0 Å². The lowest BCUT2D eigenvalue weighted by molar-refractivity contribution is -0.143. The lowest BCUT2D eigenvalue weighted by atomic mass is 9.60. The van der Waals surface area contributed by atoms with Crippen LogP contribution in [-0.4, -0.2) is 18.9 Å². The molecule has 1 N–H and O–H groups in total. The monoisotopic (exact) mass is 524 g/mol. The smallest absolute Gasteiger partial charge is 0.372 e. The number of piperidine rings is 1. The molecule has 4 rings (SSSR count). The SMILES string of the molecule is C[C@@H](OC[C@]1(c2ccccc2)CC[C@](C#N)(C2CCC2=O)CN1)c1cc(C(F)(F)F)cc(C(F)(F)F)c1. The number of ketones is 1. The summed E-state index contributed by atoms with van der Waals surface area (Å²) in [6, 6.07) is 12.9. The van der Waals surface area contributed by atoms with E-state index in [1.807, 2.05) is 30.3 Å². The van der Waals surface area contributed by atoms with Crippen molar-refractivity contribution in [3.8, 4) is 6.07 Å². The van der Waals surface area contributed by atoms with Crippen LogP contribution in [0.1, 0.15) is 61.0 Å². The minimum atomic E-state index is -4.95. The lowest BCUT2D eigenvalue weighted by Crippen LogP contribution is -2.59. The summed E-state index contributed by atoms with van der Waals surface area (Å²) in [5.41, 5.74) is -3.92. The Morgan fingerprint density at radius 3 is 2.11 bits per heavy atom. The first-order chi connectivity index (χ1) is 17.3. The average molecular weight is 525 g/mol. The molecule has 10 heteroatoms. The Morgan fingerprint density at radius 1 is 1.05 bits per heavy atom. The third-order valence-electron chi connectivity index (χ3n) is 7.68. The molecule has 0 aromatic heterocycles. The summed E-state index contributed by atoms with van der Waals surface area (Å²) < 4.78 is 85.9. The van der Waals surface area contributed by atoms with E-state index in [2.05, 4.69) is 11.4 Å². The van der Waals surface area contributed by atoms with Crippen molar-refractivity contribution in [2.75, 3.05) is 13.2 Å². The summed E-state index contributed by atoms with van der Waals surface area (Å²) >= 11 is 0. The number of Topliss-reactive ketones (excluding diaryl/α,β-unsaturated/α-hetero) is 1. The second kappa shape index (κ2) is 9.76. The molecule has 0 bridgehead atoms.